The van der Waals surface area contributed by atoms with Gasteiger partial charge in [0.1, 0.15) is 0 Å². The van der Waals surface area contributed by atoms with Crippen molar-refractivity contribution in [1.82, 2.24) is 0 Å². The second kappa shape index (κ2) is 2.94. The van der Waals surface area contributed by atoms with Gasteiger partial charge in [-0.1, -0.05) is 0 Å². The summed E-state index contributed by atoms with van der Waals surface area (Å²) in [4.78, 5) is 2.62. The molecule has 0 radical (unpaired) electrons. The van der Waals surface area contributed by atoms with Gasteiger partial charge in [-0.25, -0.2) is 4.85 Å². The van der Waals surface area contributed by atoms with E-state index in [-0.39, 0.29) is 0 Å². The monoisotopic (exact) mass is 65.0 g/mol. The zero-order chi connectivity index (χ0) is 4.12. The summed E-state index contributed by atoms with van der Waals surface area (Å²) < 4.78 is 0. The zero-order valence-electron chi connectivity index (χ0n) is 2.47. The molecular weight excluding hydrogens is 64.0 g/mol. The van der Waals surface area contributed by atoms with Gasteiger partial charge in [-0.2, -0.15) is 0 Å². The summed E-state index contributed by atoms with van der Waals surface area (Å²) in [5, 5.41) is 7.55. The summed E-state index contributed by atoms with van der Waals surface area (Å²) in [6.07, 6.45) is 0.847. The summed E-state index contributed by atoms with van der Waals surface area (Å²) >= 11 is 0. The van der Waals surface area contributed by atoms with Gasteiger partial charge in [-0.3, -0.25) is 5.87 Å². The third-order valence-corrected chi connectivity index (χ3v) is 0.122. The minimum absolute atomic E-state index is 0.847. The maximum Gasteiger partial charge on any atom is 0.172 e. The van der Waals surface area contributed by atoms with Crippen LogP contribution in [0.2, 0.25) is 0 Å². The van der Waals surface area contributed by atoms with E-state index in [4.69, 9.17) is 12.0 Å². The average molecular weight is 65.1 g/mol. The molecule has 24 valence electrons. The van der Waals surface area contributed by atoms with Crippen molar-refractivity contribution in [1.29, 1.82) is 0 Å². The van der Waals surface area contributed by atoms with Crippen LogP contribution in [0.5, 0.6) is 0 Å². The van der Waals surface area contributed by atoms with Crippen molar-refractivity contribution in [3.05, 3.63) is 23.0 Å². The number of hydrogen-bond acceptors (Lipinski definition) is 0. The molecule has 0 fully saturated rings. The van der Waals surface area contributed by atoms with E-state index in [9.17, 15) is 0 Å². The first kappa shape index (κ1) is 3.94. The van der Waals surface area contributed by atoms with E-state index in [1.165, 1.54) is 5.87 Å². The van der Waals surface area contributed by atoms with Gasteiger partial charge in [0.15, 0.2) is 6.20 Å². The van der Waals surface area contributed by atoms with Gasteiger partial charge in [0, 0.05) is 0 Å². The van der Waals surface area contributed by atoms with Crippen molar-refractivity contribution in [2.24, 2.45) is 0 Å². The Bertz CT molecular complexity index is 92.0. The van der Waals surface area contributed by atoms with Crippen LogP contribution in [-0.4, -0.2) is 5.87 Å². The molecule has 0 rings (SSSR count). The summed E-state index contributed by atoms with van der Waals surface area (Å²) in [7, 11) is 0. The van der Waals surface area contributed by atoms with Gasteiger partial charge in [0.05, 0.1) is 6.57 Å². The number of rotatable bonds is 0. The Kier molecular flexibility index (Phi) is 2.32. The van der Waals surface area contributed by atoms with Crippen molar-refractivity contribution < 1.29 is 0 Å². The minimum Gasteiger partial charge on any atom is -0.776 e. The second-order valence-corrected chi connectivity index (χ2v) is 0.387. The molecule has 2 nitrogen and oxygen atoms in total. The maximum absolute atomic E-state index is 7.55. The van der Waals surface area contributed by atoms with Crippen molar-refractivity contribution in [2.75, 3.05) is 0 Å². The Morgan fingerprint density at radius 1 is 2.00 bits per heavy atom. The Morgan fingerprint density at radius 2 is 2.60 bits per heavy atom. The average Bonchev–Trinajstić information content (AvgIpc) is 1.41. The van der Waals surface area contributed by atoms with Crippen LogP contribution in [-0.2, 0) is 0 Å². The first-order valence-corrected chi connectivity index (χ1v) is 0.994. The van der Waals surface area contributed by atoms with E-state index in [2.05, 4.69) is 4.85 Å². The van der Waals surface area contributed by atoms with Gasteiger partial charge in [0.25, 0.3) is 0 Å². The lowest BCUT2D eigenvalue weighted by molar-refractivity contribution is 2.17. The van der Waals surface area contributed by atoms with E-state index >= 15 is 0 Å². The Morgan fingerprint density at radius 3 is 2.60 bits per heavy atom. The predicted molar refractivity (Wildman–Crippen MR) is 19.5 cm³/mol. The van der Waals surface area contributed by atoms with E-state index in [1.54, 1.807) is 0 Å². The van der Waals surface area contributed by atoms with Crippen molar-refractivity contribution in [2.45, 2.75) is 0 Å². The van der Waals surface area contributed by atoms with Gasteiger partial charge >= 0.3 is 0 Å². The van der Waals surface area contributed by atoms with E-state index in [1.807, 2.05) is 0 Å². The largest absolute Gasteiger partial charge is 0.776 e. The van der Waals surface area contributed by atoms with Crippen LogP contribution in [0.15, 0.2) is 6.20 Å². The lowest BCUT2D eigenvalue weighted by atomic mass is 11.0. The van der Waals surface area contributed by atoms with Gasteiger partial charge in [-0.15, -0.1) is 0 Å². The Balaban J connectivity index is 3.46. The molecule has 0 aromatic rings. The first-order chi connectivity index (χ1) is 2.41. The molecule has 5 heavy (non-hydrogen) atoms. The summed E-state index contributed by atoms with van der Waals surface area (Å²) in [6, 6.07) is 0. The Labute approximate surface area is 30.1 Å². The van der Waals surface area contributed by atoms with Crippen molar-refractivity contribution in [3.63, 3.8) is 0 Å². The highest BCUT2D eigenvalue weighted by molar-refractivity contribution is 5.56. The molecule has 0 aliphatic heterocycles. The molecule has 0 amide bonds. The number of hydrogen-bond donors (Lipinski definition) is 0. The van der Waals surface area contributed by atoms with Gasteiger partial charge in [0.2, 0.25) is 0 Å². The number of nitrogens with zero attached hydrogens (tertiary/aromatic N) is 2. The molecule has 0 heterocycles. The lowest BCUT2D eigenvalue weighted by Crippen LogP contribution is -1.30. The standard InChI is InChI=1S/C3HN2/c1-5-3-2-4/h3H/q-1. The molecule has 0 saturated heterocycles. The van der Waals surface area contributed by atoms with Crippen LogP contribution in [0.4, 0.5) is 0 Å². The molecule has 0 unspecified atom stereocenters. The van der Waals surface area contributed by atoms with Crippen molar-refractivity contribution in [3.8, 4) is 0 Å². The third kappa shape index (κ3) is 2.94. The van der Waals surface area contributed by atoms with Gasteiger partial charge < -0.3 is 5.41 Å². The van der Waals surface area contributed by atoms with Crippen LogP contribution in [0.1, 0.15) is 0 Å². The first-order valence-electron chi connectivity index (χ1n) is 0.994. The molecule has 0 atom stereocenters. The predicted octanol–water partition coefficient (Wildman–Crippen LogP) is 0.658. The molecule has 0 aliphatic carbocycles. The van der Waals surface area contributed by atoms with Crippen LogP contribution in [0.25, 0.3) is 10.3 Å². The quantitative estimate of drug-likeness (QED) is 0.293. The fourth-order valence-electron chi connectivity index (χ4n) is 0.0289. The van der Waals surface area contributed by atoms with E-state index in [0.29, 0.717) is 0 Å². The second-order valence-electron chi connectivity index (χ2n) is 0.387. The van der Waals surface area contributed by atoms with Crippen molar-refractivity contribution >= 4 is 5.87 Å². The van der Waals surface area contributed by atoms with E-state index in [0.717, 1.165) is 6.20 Å². The molecule has 0 bridgehead atoms. The highest BCUT2D eigenvalue weighted by Gasteiger charge is 1.32. The topological polar surface area (TPSA) is 26.7 Å². The Hall–Kier alpha value is -1.06. The fourth-order valence-corrected chi connectivity index (χ4v) is 0.0289. The molecular formula is C3HN2-. The molecule has 0 N–H and O–H groups in total. The normalized spacial score (nSPS) is 3.80. The molecule has 0 aromatic carbocycles. The van der Waals surface area contributed by atoms with Gasteiger partial charge in [-0.05, 0) is 0 Å². The summed E-state index contributed by atoms with van der Waals surface area (Å²) in [5.41, 5.74) is 0. The maximum atomic E-state index is 7.55. The molecule has 0 spiro atoms. The lowest BCUT2D eigenvalue weighted by Gasteiger charge is -1.55. The molecule has 0 saturated carbocycles. The highest BCUT2D eigenvalue weighted by atomic mass is 14.6. The zero-order valence-corrected chi connectivity index (χ0v) is 2.47. The van der Waals surface area contributed by atoms with Crippen LogP contribution >= 0.6 is 0 Å². The van der Waals surface area contributed by atoms with Crippen LogP contribution in [0, 0.1) is 6.57 Å². The minimum atomic E-state index is 0.847. The van der Waals surface area contributed by atoms with Crippen LogP contribution < -0.4 is 0 Å². The smallest absolute Gasteiger partial charge is 0.172 e. The van der Waals surface area contributed by atoms with E-state index < -0.39 is 0 Å². The molecule has 0 aromatic heterocycles. The highest BCUT2D eigenvalue weighted by Crippen LogP contribution is 1.52. The SMILES string of the molecule is [C-]#[N+]C=C=[N-]. The summed E-state index contributed by atoms with van der Waals surface area (Å²) in [5.74, 6) is 1.54. The summed E-state index contributed by atoms with van der Waals surface area (Å²) in [6.45, 7) is 5.95. The molecule has 2 heteroatoms. The fraction of sp³-hybridized carbons (Fsp3) is 0. The third-order valence-electron chi connectivity index (χ3n) is 0.122. The van der Waals surface area contributed by atoms with Crippen LogP contribution in [0.3, 0.4) is 0 Å². The molecule has 0 aliphatic rings.